The maximum Gasteiger partial charge on any atom is 0.310 e. The first-order valence-electron chi connectivity index (χ1n) is 6.76. The molecule has 3 aromatic rings. The number of allylic oxidation sites excluding steroid dienone is 1. The number of hydrogen-bond acceptors (Lipinski definition) is 4. The van der Waals surface area contributed by atoms with E-state index in [1.54, 1.807) is 6.08 Å². The third-order valence-electron chi connectivity index (χ3n) is 3.29. The number of rotatable bonds is 4. The third-order valence-corrected chi connectivity index (χ3v) is 4.20. The Labute approximate surface area is 131 Å². The summed E-state index contributed by atoms with van der Waals surface area (Å²) < 4.78 is 1.27. The molecule has 0 radical (unpaired) electrons. The minimum absolute atomic E-state index is 0.0705. The summed E-state index contributed by atoms with van der Waals surface area (Å²) in [5, 5.41) is 12.2. The predicted octanol–water partition coefficient (Wildman–Crippen LogP) is 3.71. The largest absolute Gasteiger partial charge is 0.493 e. The summed E-state index contributed by atoms with van der Waals surface area (Å²) in [5.41, 5.74) is 0.800. The molecule has 110 valence electrons. The molecule has 22 heavy (non-hydrogen) atoms. The van der Waals surface area contributed by atoms with Crippen molar-refractivity contribution in [1.82, 2.24) is 4.57 Å². The second-order valence-corrected chi connectivity index (χ2v) is 5.70. The topological polar surface area (TPSA) is 54.6 Å². The van der Waals surface area contributed by atoms with Crippen molar-refractivity contribution in [2.45, 2.75) is 6.54 Å². The summed E-state index contributed by atoms with van der Waals surface area (Å²) in [6.07, 6.45) is 3.10. The van der Waals surface area contributed by atoms with Crippen molar-refractivity contribution in [2.24, 2.45) is 4.99 Å². The fourth-order valence-electron chi connectivity index (χ4n) is 2.24. The molecule has 0 fully saturated rings. The zero-order chi connectivity index (χ0) is 15.5. The van der Waals surface area contributed by atoms with Crippen LogP contribution in [0.1, 0.15) is 4.88 Å². The van der Waals surface area contributed by atoms with Gasteiger partial charge < -0.3 is 5.11 Å². The average molecular weight is 310 g/mol. The van der Waals surface area contributed by atoms with Crippen molar-refractivity contribution in [3.8, 4) is 5.88 Å². The maximum atomic E-state index is 11.8. The molecule has 0 atom stereocenters. The number of aromatic nitrogens is 1. The quantitative estimate of drug-likeness (QED) is 0.590. The zero-order valence-electron chi connectivity index (χ0n) is 11.8. The van der Waals surface area contributed by atoms with Gasteiger partial charge in [-0.3, -0.25) is 14.4 Å². The fraction of sp³-hybridized carbons (Fsp3) is 0.0588. The molecule has 4 nitrogen and oxygen atoms in total. The Morgan fingerprint density at radius 2 is 2.00 bits per heavy atom. The molecule has 5 heteroatoms. The van der Waals surface area contributed by atoms with Crippen LogP contribution < -0.4 is 4.87 Å². The first-order valence-corrected chi connectivity index (χ1v) is 7.57. The lowest BCUT2D eigenvalue weighted by Gasteiger charge is -2.01. The summed E-state index contributed by atoms with van der Waals surface area (Å²) in [7, 11) is 0. The van der Waals surface area contributed by atoms with Crippen molar-refractivity contribution in [3.05, 3.63) is 69.7 Å². The average Bonchev–Trinajstić information content (AvgIpc) is 2.81. The highest BCUT2D eigenvalue weighted by Crippen LogP contribution is 2.26. The van der Waals surface area contributed by atoms with Crippen molar-refractivity contribution in [3.63, 3.8) is 0 Å². The van der Waals surface area contributed by atoms with Crippen LogP contribution in [0.2, 0.25) is 0 Å². The third kappa shape index (κ3) is 2.58. The van der Waals surface area contributed by atoms with Crippen molar-refractivity contribution < 1.29 is 5.11 Å². The molecule has 0 aliphatic carbocycles. The van der Waals surface area contributed by atoms with E-state index >= 15 is 0 Å². The van der Waals surface area contributed by atoms with Crippen molar-refractivity contribution >= 4 is 34.0 Å². The van der Waals surface area contributed by atoms with Crippen LogP contribution in [0.4, 0.5) is 5.69 Å². The molecule has 1 heterocycles. The molecule has 1 aromatic heterocycles. The van der Waals surface area contributed by atoms with Crippen LogP contribution in [-0.4, -0.2) is 15.9 Å². The Bertz CT molecular complexity index is 917. The molecule has 3 rings (SSSR count). The summed E-state index contributed by atoms with van der Waals surface area (Å²) in [4.78, 5) is 16.4. The van der Waals surface area contributed by atoms with E-state index in [4.69, 9.17) is 0 Å². The van der Waals surface area contributed by atoms with Gasteiger partial charge in [0.1, 0.15) is 4.88 Å². The van der Waals surface area contributed by atoms with Gasteiger partial charge in [0, 0.05) is 11.9 Å². The van der Waals surface area contributed by atoms with Gasteiger partial charge in [0.05, 0.1) is 11.9 Å². The van der Waals surface area contributed by atoms with Gasteiger partial charge in [-0.1, -0.05) is 53.8 Å². The molecular formula is C17H14N2O2S. The van der Waals surface area contributed by atoms with Gasteiger partial charge in [0.15, 0.2) is 0 Å². The monoisotopic (exact) mass is 310 g/mol. The van der Waals surface area contributed by atoms with Gasteiger partial charge in [-0.25, -0.2) is 0 Å². The molecule has 0 aliphatic heterocycles. The van der Waals surface area contributed by atoms with E-state index in [0.29, 0.717) is 4.88 Å². The van der Waals surface area contributed by atoms with Gasteiger partial charge in [-0.05, 0) is 11.5 Å². The summed E-state index contributed by atoms with van der Waals surface area (Å²) >= 11 is 0.966. The van der Waals surface area contributed by atoms with Gasteiger partial charge in [-0.2, -0.15) is 0 Å². The maximum absolute atomic E-state index is 11.8. The Morgan fingerprint density at radius 3 is 2.82 bits per heavy atom. The lowest BCUT2D eigenvalue weighted by molar-refractivity contribution is 0.422. The van der Waals surface area contributed by atoms with Crippen LogP contribution in [-0.2, 0) is 6.54 Å². The normalized spacial score (nSPS) is 11.3. The minimum atomic E-state index is -0.225. The van der Waals surface area contributed by atoms with E-state index in [0.717, 1.165) is 27.8 Å². The molecule has 0 unspecified atom stereocenters. The van der Waals surface area contributed by atoms with Crippen molar-refractivity contribution in [1.29, 1.82) is 0 Å². The molecule has 0 saturated heterocycles. The Morgan fingerprint density at radius 1 is 1.23 bits per heavy atom. The van der Waals surface area contributed by atoms with E-state index < -0.39 is 0 Å². The summed E-state index contributed by atoms with van der Waals surface area (Å²) in [6, 6.07) is 13.8. The van der Waals surface area contributed by atoms with Crippen LogP contribution in [0.3, 0.4) is 0 Å². The highest BCUT2D eigenvalue weighted by molar-refractivity contribution is 7.11. The molecule has 0 saturated carbocycles. The smallest absolute Gasteiger partial charge is 0.310 e. The molecule has 0 spiro atoms. The summed E-state index contributed by atoms with van der Waals surface area (Å²) in [5.74, 6) is -0.0705. The van der Waals surface area contributed by atoms with E-state index in [2.05, 4.69) is 11.6 Å². The first-order chi connectivity index (χ1) is 10.7. The van der Waals surface area contributed by atoms with Crippen LogP contribution >= 0.6 is 11.3 Å². The minimum Gasteiger partial charge on any atom is -0.493 e. The van der Waals surface area contributed by atoms with E-state index in [9.17, 15) is 9.90 Å². The highest BCUT2D eigenvalue weighted by Gasteiger charge is 2.11. The SMILES string of the molecule is C=CCn1c(O)c(C=Nc2cccc3ccccc23)sc1=O. The van der Waals surface area contributed by atoms with Crippen LogP contribution in [0.15, 0.2) is 64.9 Å². The molecular weight excluding hydrogens is 296 g/mol. The van der Waals surface area contributed by atoms with E-state index in [1.165, 1.54) is 10.8 Å². The van der Waals surface area contributed by atoms with Crippen molar-refractivity contribution in [2.75, 3.05) is 0 Å². The number of aliphatic imine (C=N–C) groups is 1. The number of hydrogen-bond donors (Lipinski definition) is 1. The number of benzene rings is 2. The standard InChI is InChI=1S/C17H14N2O2S/c1-2-10-19-16(20)15(22-17(19)21)11-18-14-9-5-7-12-6-3-4-8-13(12)14/h2-9,11,20H,1,10H2. The molecule has 1 N–H and O–H groups in total. The van der Waals surface area contributed by atoms with Crippen LogP contribution in [0.5, 0.6) is 5.88 Å². The molecule has 0 amide bonds. The van der Waals surface area contributed by atoms with E-state index in [-0.39, 0.29) is 17.3 Å². The molecule has 0 bridgehead atoms. The second kappa shape index (κ2) is 5.99. The molecule has 2 aromatic carbocycles. The number of fused-ring (bicyclic) bond motifs is 1. The lowest BCUT2D eigenvalue weighted by atomic mass is 10.1. The first kappa shape index (κ1) is 14.3. The van der Waals surface area contributed by atoms with E-state index in [1.807, 2.05) is 42.5 Å². The van der Waals surface area contributed by atoms with Gasteiger partial charge in [0.2, 0.25) is 5.88 Å². The Balaban J connectivity index is 2.02. The summed E-state index contributed by atoms with van der Waals surface area (Å²) in [6.45, 7) is 3.86. The Kier molecular flexibility index (Phi) is 3.89. The van der Waals surface area contributed by atoms with Gasteiger partial charge in [0.25, 0.3) is 0 Å². The van der Waals surface area contributed by atoms with Crippen LogP contribution in [0.25, 0.3) is 10.8 Å². The predicted molar refractivity (Wildman–Crippen MR) is 91.6 cm³/mol. The van der Waals surface area contributed by atoms with Gasteiger partial charge >= 0.3 is 4.87 Å². The number of thiazole rings is 1. The Hall–Kier alpha value is -2.66. The second-order valence-electron chi connectivity index (χ2n) is 4.71. The highest BCUT2D eigenvalue weighted by atomic mass is 32.1. The lowest BCUT2D eigenvalue weighted by Crippen LogP contribution is -2.10. The molecule has 0 aliphatic rings. The van der Waals surface area contributed by atoms with Gasteiger partial charge in [-0.15, -0.1) is 6.58 Å². The fourth-order valence-corrected chi connectivity index (χ4v) is 3.00. The number of aromatic hydroxyl groups is 1. The number of nitrogens with zero attached hydrogens (tertiary/aromatic N) is 2. The van der Waals surface area contributed by atoms with Crippen LogP contribution in [0, 0.1) is 0 Å². The zero-order valence-corrected chi connectivity index (χ0v) is 12.6.